The van der Waals surface area contributed by atoms with Crippen LogP contribution >= 0.6 is 0 Å². The van der Waals surface area contributed by atoms with Gasteiger partial charge < -0.3 is 11.1 Å². The molecule has 0 aliphatic carbocycles. The van der Waals surface area contributed by atoms with Gasteiger partial charge in [0.15, 0.2) is 0 Å². The molecule has 1 aromatic rings. The van der Waals surface area contributed by atoms with Crippen LogP contribution in [0.2, 0.25) is 0 Å². The van der Waals surface area contributed by atoms with E-state index in [-0.39, 0.29) is 0 Å². The molecule has 15 heavy (non-hydrogen) atoms. The van der Waals surface area contributed by atoms with E-state index in [4.69, 9.17) is 5.73 Å². The van der Waals surface area contributed by atoms with Gasteiger partial charge in [0, 0.05) is 18.6 Å². The third-order valence-electron chi connectivity index (χ3n) is 2.48. The minimum Gasteiger partial charge on any atom is -0.329 e. The van der Waals surface area contributed by atoms with Crippen LogP contribution in [0.5, 0.6) is 0 Å². The lowest BCUT2D eigenvalue weighted by Crippen LogP contribution is -2.40. The van der Waals surface area contributed by atoms with Crippen molar-refractivity contribution < 1.29 is 0 Å². The summed E-state index contributed by atoms with van der Waals surface area (Å²) >= 11 is 0. The molecule has 0 amide bonds. The fourth-order valence-corrected chi connectivity index (χ4v) is 1.73. The summed E-state index contributed by atoms with van der Waals surface area (Å²) in [5.41, 5.74) is 7.11. The van der Waals surface area contributed by atoms with E-state index in [1.54, 1.807) is 0 Å². The lowest BCUT2D eigenvalue weighted by molar-refractivity contribution is 0.445. The van der Waals surface area contributed by atoms with Gasteiger partial charge in [-0.15, -0.1) is 0 Å². The number of hydrogen-bond donors (Lipinski definition) is 2. The van der Waals surface area contributed by atoms with E-state index in [1.165, 1.54) is 5.56 Å². The Hall–Kier alpha value is -0.860. The van der Waals surface area contributed by atoms with Crippen LogP contribution in [0, 0.1) is 0 Å². The van der Waals surface area contributed by atoms with Crippen molar-refractivity contribution in [2.75, 3.05) is 6.54 Å². The number of nitrogens with two attached hydrogens (primary N) is 1. The second-order valence-electron chi connectivity index (χ2n) is 4.28. The Morgan fingerprint density at radius 2 is 1.87 bits per heavy atom. The third kappa shape index (κ3) is 4.96. The van der Waals surface area contributed by atoms with Gasteiger partial charge >= 0.3 is 0 Å². The third-order valence-corrected chi connectivity index (χ3v) is 2.48. The van der Waals surface area contributed by atoms with Crippen molar-refractivity contribution in [3.8, 4) is 0 Å². The molecule has 2 nitrogen and oxygen atoms in total. The second kappa shape index (κ2) is 6.59. The molecule has 1 atom stereocenters. The van der Waals surface area contributed by atoms with Gasteiger partial charge in [0.25, 0.3) is 0 Å². The van der Waals surface area contributed by atoms with Crippen LogP contribution in [-0.4, -0.2) is 18.6 Å². The van der Waals surface area contributed by atoms with E-state index in [0.717, 1.165) is 12.8 Å². The van der Waals surface area contributed by atoms with Gasteiger partial charge in [0.2, 0.25) is 0 Å². The van der Waals surface area contributed by atoms with Crippen LogP contribution in [0.1, 0.15) is 25.8 Å². The Balaban J connectivity index is 2.34. The highest BCUT2D eigenvalue weighted by Crippen LogP contribution is 2.04. The van der Waals surface area contributed by atoms with Gasteiger partial charge in [-0.25, -0.2) is 0 Å². The molecule has 1 rings (SSSR count). The van der Waals surface area contributed by atoms with Crippen molar-refractivity contribution >= 4 is 0 Å². The maximum atomic E-state index is 5.72. The summed E-state index contributed by atoms with van der Waals surface area (Å²) in [6.45, 7) is 5.03. The molecule has 0 aliphatic heterocycles. The van der Waals surface area contributed by atoms with Gasteiger partial charge in [-0.05, 0) is 18.4 Å². The van der Waals surface area contributed by atoms with Crippen molar-refractivity contribution in [3.63, 3.8) is 0 Å². The maximum absolute atomic E-state index is 5.72. The molecule has 84 valence electrons. The monoisotopic (exact) mass is 206 g/mol. The molecule has 1 aromatic carbocycles. The molecule has 0 saturated heterocycles. The minimum atomic E-state index is 0.435. The first-order valence-electron chi connectivity index (χ1n) is 5.72. The van der Waals surface area contributed by atoms with Crippen molar-refractivity contribution in [1.82, 2.24) is 5.32 Å². The Kier molecular flexibility index (Phi) is 5.37. The van der Waals surface area contributed by atoms with Gasteiger partial charge in [0.05, 0.1) is 0 Å². The summed E-state index contributed by atoms with van der Waals surface area (Å²) in [6.07, 6.45) is 2.21. The van der Waals surface area contributed by atoms with Gasteiger partial charge in [-0.2, -0.15) is 0 Å². The van der Waals surface area contributed by atoms with E-state index in [1.807, 2.05) is 0 Å². The molecule has 0 bridgehead atoms. The highest BCUT2D eigenvalue weighted by Gasteiger charge is 2.07. The van der Waals surface area contributed by atoms with E-state index in [0.29, 0.717) is 18.6 Å². The molecule has 0 fully saturated rings. The fraction of sp³-hybridized carbons (Fsp3) is 0.538. The average molecular weight is 206 g/mol. The minimum absolute atomic E-state index is 0.435. The Morgan fingerprint density at radius 1 is 1.20 bits per heavy atom. The zero-order chi connectivity index (χ0) is 11.1. The maximum Gasteiger partial charge on any atom is 0.0195 e. The van der Waals surface area contributed by atoms with E-state index in [9.17, 15) is 0 Å². The van der Waals surface area contributed by atoms with Crippen LogP contribution in [0.3, 0.4) is 0 Å². The largest absolute Gasteiger partial charge is 0.329 e. The van der Waals surface area contributed by atoms with Crippen LogP contribution in [0.25, 0.3) is 0 Å². The van der Waals surface area contributed by atoms with Crippen LogP contribution in [0.15, 0.2) is 30.3 Å². The molecule has 0 saturated carbocycles. The summed E-state index contributed by atoms with van der Waals surface area (Å²) in [4.78, 5) is 0. The Morgan fingerprint density at radius 3 is 2.40 bits per heavy atom. The molecular formula is C13H22N2. The van der Waals surface area contributed by atoms with Gasteiger partial charge in [-0.1, -0.05) is 44.2 Å². The summed E-state index contributed by atoms with van der Waals surface area (Å²) in [6, 6.07) is 11.5. The number of aryl methyl sites for hydroxylation is 1. The molecular weight excluding hydrogens is 184 g/mol. The van der Waals surface area contributed by atoms with E-state index in [2.05, 4.69) is 49.5 Å². The summed E-state index contributed by atoms with van der Waals surface area (Å²) < 4.78 is 0. The normalized spacial score (nSPS) is 13.1. The van der Waals surface area contributed by atoms with E-state index < -0.39 is 0 Å². The first kappa shape index (κ1) is 12.2. The molecule has 1 unspecified atom stereocenters. The molecule has 2 heteroatoms. The van der Waals surface area contributed by atoms with Crippen LogP contribution < -0.4 is 11.1 Å². The Bertz CT molecular complexity index is 256. The standard InChI is InChI=1S/C13H22N2/c1-11(2)15-13(10-14)9-8-12-6-4-3-5-7-12/h3-7,11,13,15H,8-10,14H2,1-2H3. The zero-order valence-electron chi connectivity index (χ0n) is 9.74. The highest BCUT2D eigenvalue weighted by molar-refractivity contribution is 5.14. The summed E-state index contributed by atoms with van der Waals surface area (Å²) in [7, 11) is 0. The van der Waals surface area contributed by atoms with Gasteiger partial charge in [-0.3, -0.25) is 0 Å². The Labute approximate surface area is 92.9 Å². The lowest BCUT2D eigenvalue weighted by atomic mass is 10.0. The van der Waals surface area contributed by atoms with Crippen molar-refractivity contribution in [3.05, 3.63) is 35.9 Å². The average Bonchev–Trinajstić information content (AvgIpc) is 2.25. The topological polar surface area (TPSA) is 38.0 Å². The SMILES string of the molecule is CC(C)NC(CN)CCc1ccccc1. The first-order chi connectivity index (χ1) is 7.22. The van der Waals surface area contributed by atoms with Crippen molar-refractivity contribution in [2.45, 2.75) is 38.8 Å². The predicted octanol–water partition coefficient (Wildman–Crippen LogP) is 1.94. The van der Waals surface area contributed by atoms with Crippen molar-refractivity contribution in [1.29, 1.82) is 0 Å². The molecule has 0 heterocycles. The molecule has 0 aliphatic rings. The van der Waals surface area contributed by atoms with Crippen molar-refractivity contribution in [2.24, 2.45) is 5.73 Å². The predicted molar refractivity (Wildman–Crippen MR) is 65.9 cm³/mol. The molecule has 0 radical (unpaired) electrons. The van der Waals surface area contributed by atoms with Crippen LogP contribution in [0.4, 0.5) is 0 Å². The zero-order valence-corrected chi connectivity index (χ0v) is 9.74. The molecule has 3 N–H and O–H groups in total. The number of hydrogen-bond acceptors (Lipinski definition) is 2. The van der Waals surface area contributed by atoms with E-state index >= 15 is 0 Å². The second-order valence-corrected chi connectivity index (χ2v) is 4.28. The first-order valence-corrected chi connectivity index (χ1v) is 5.72. The summed E-state index contributed by atoms with van der Waals surface area (Å²) in [5, 5.41) is 3.47. The molecule has 0 aromatic heterocycles. The van der Waals surface area contributed by atoms with Gasteiger partial charge in [0.1, 0.15) is 0 Å². The quantitative estimate of drug-likeness (QED) is 0.746. The summed E-state index contributed by atoms with van der Waals surface area (Å²) in [5.74, 6) is 0. The number of nitrogens with one attached hydrogen (secondary N) is 1. The number of benzene rings is 1. The smallest absolute Gasteiger partial charge is 0.0195 e. The molecule has 0 spiro atoms. The fourth-order valence-electron chi connectivity index (χ4n) is 1.73. The highest BCUT2D eigenvalue weighted by atomic mass is 15.0. The van der Waals surface area contributed by atoms with Crippen LogP contribution in [-0.2, 0) is 6.42 Å². The lowest BCUT2D eigenvalue weighted by Gasteiger charge is -2.19. The number of rotatable bonds is 6.